The number of benzene rings is 1. The molecule has 0 amide bonds. The molecule has 10 heteroatoms. The number of alkyl halides is 3. The fourth-order valence-corrected chi connectivity index (χ4v) is 2.86. The normalized spacial score (nSPS) is 11.6. The fraction of sp³-hybridized carbons (Fsp3) is 0.231. The molecular formula is C13H8Cl3F3N2O2. The van der Waals surface area contributed by atoms with E-state index in [0.29, 0.717) is 4.68 Å². The minimum atomic E-state index is -4.88. The van der Waals surface area contributed by atoms with Crippen molar-refractivity contribution in [2.45, 2.75) is 13.1 Å². The molecule has 0 aliphatic rings. The zero-order valence-corrected chi connectivity index (χ0v) is 13.7. The standard InChI is InChI=1S/C13H8Cl3F3N2O2/c1-2-23-12(22)7-5-20-21(11(7)13(17,18)19)10-8(15)3-6(14)4-9(10)16/h3-5H,2H2,1H3. The number of ether oxygens (including phenoxy) is 1. The molecule has 0 N–H and O–H groups in total. The van der Waals surface area contributed by atoms with Crippen LogP contribution in [0.2, 0.25) is 15.1 Å². The van der Waals surface area contributed by atoms with E-state index in [4.69, 9.17) is 34.8 Å². The zero-order valence-electron chi connectivity index (χ0n) is 11.4. The van der Waals surface area contributed by atoms with Gasteiger partial charge in [-0.05, 0) is 19.1 Å². The van der Waals surface area contributed by atoms with Crippen LogP contribution in [0, 0.1) is 0 Å². The average molecular weight is 388 g/mol. The maximum absolute atomic E-state index is 13.4. The number of hydrogen-bond donors (Lipinski definition) is 0. The third kappa shape index (κ3) is 3.57. The Morgan fingerprint density at radius 3 is 2.30 bits per heavy atom. The van der Waals surface area contributed by atoms with Crippen LogP contribution in [0.3, 0.4) is 0 Å². The third-order valence-corrected chi connectivity index (χ3v) is 3.52. The van der Waals surface area contributed by atoms with Gasteiger partial charge in [-0.15, -0.1) is 0 Å². The Hall–Kier alpha value is -1.44. The van der Waals surface area contributed by atoms with E-state index >= 15 is 0 Å². The van der Waals surface area contributed by atoms with Crippen molar-refractivity contribution in [1.29, 1.82) is 0 Å². The van der Waals surface area contributed by atoms with Crippen molar-refractivity contribution in [1.82, 2.24) is 9.78 Å². The first-order valence-electron chi connectivity index (χ1n) is 6.14. The average Bonchev–Trinajstić information content (AvgIpc) is 2.82. The number of carbonyl (C=O) groups excluding carboxylic acids is 1. The predicted molar refractivity (Wildman–Crippen MR) is 79.6 cm³/mol. The van der Waals surface area contributed by atoms with Gasteiger partial charge in [0.25, 0.3) is 0 Å². The minimum absolute atomic E-state index is 0.0796. The maximum Gasteiger partial charge on any atom is 0.434 e. The van der Waals surface area contributed by atoms with E-state index in [1.807, 2.05) is 0 Å². The van der Waals surface area contributed by atoms with Crippen LogP contribution in [0.4, 0.5) is 13.2 Å². The lowest BCUT2D eigenvalue weighted by Crippen LogP contribution is -2.19. The van der Waals surface area contributed by atoms with Gasteiger partial charge in [-0.2, -0.15) is 18.3 Å². The minimum Gasteiger partial charge on any atom is -0.462 e. The summed E-state index contributed by atoms with van der Waals surface area (Å²) in [6.07, 6.45) is -4.13. The van der Waals surface area contributed by atoms with Gasteiger partial charge in [0.1, 0.15) is 11.3 Å². The number of carbonyl (C=O) groups is 1. The van der Waals surface area contributed by atoms with Crippen molar-refractivity contribution >= 4 is 40.8 Å². The number of halogens is 6. The van der Waals surface area contributed by atoms with Gasteiger partial charge in [0.2, 0.25) is 0 Å². The number of rotatable bonds is 3. The molecule has 1 aromatic heterocycles. The van der Waals surface area contributed by atoms with Crippen LogP contribution in [-0.2, 0) is 10.9 Å². The van der Waals surface area contributed by atoms with Crippen LogP contribution in [0.25, 0.3) is 5.69 Å². The molecule has 0 spiro atoms. The van der Waals surface area contributed by atoms with E-state index in [1.165, 1.54) is 19.1 Å². The molecule has 0 fully saturated rings. The lowest BCUT2D eigenvalue weighted by molar-refractivity contribution is -0.143. The van der Waals surface area contributed by atoms with Gasteiger partial charge in [0, 0.05) is 5.02 Å². The van der Waals surface area contributed by atoms with Gasteiger partial charge in [-0.3, -0.25) is 0 Å². The Morgan fingerprint density at radius 2 is 1.83 bits per heavy atom. The molecule has 23 heavy (non-hydrogen) atoms. The monoisotopic (exact) mass is 386 g/mol. The number of esters is 1. The summed E-state index contributed by atoms with van der Waals surface area (Å²) in [5.74, 6) is -1.15. The maximum atomic E-state index is 13.4. The van der Waals surface area contributed by atoms with E-state index < -0.39 is 23.4 Å². The van der Waals surface area contributed by atoms with Crippen molar-refractivity contribution in [3.63, 3.8) is 0 Å². The van der Waals surface area contributed by atoms with Crippen LogP contribution in [0.5, 0.6) is 0 Å². The molecule has 0 bridgehead atoms. The van der Waals surface area contributed by atoms with E-state index in [2.05, 4.69) is 9.84 Å². The van der Waals surface area contributed by atoms with E-state index in [1.54, 1.807) is 0 Å². The van der Waals surface area contributed by atoms with Gasteiger partial charge in [-0.25, -0.2) is 9.48 Å². The highest BCUT2D eigenvalue weighted by Crippen LogP contribution is 2.38. The zero-order chi connectivity index (χ0) is 17.4. The Kier molecular flexibility index (Phi) is 5.13. The van der Waals surface area contributed by atoms with Gasteiger partial charge in [0.15, 0.2) is 5.69 Å². The largest absolute Gasteiger partial charge is 0.462 e. The topological polar surface area (TPSA) is 44.1 Å². The SMILES string of the molecule is CCOC(=O)c1cnn(-c2c(Cl)cc(Cl)cc2Cl)c1C(F)(F)F. The van der Waals surface area contributed by atoms with Gasteiger partial charge >= 0.3 is 12.1 Å². The first-order valence-corrected chi connectivity index (χ1v) is 7.27. The van der Waals surface area contributed by atoms with Crippen molar-refractivity contribution in [2.75, 3.05) is 6.61 Å². The molecule has 2 aromatic rings. The summed E-state index contributed by atoms with van der Waals surface area (Å²) in [7, 11) is 0. The van der Waals surface area contributed by atoms with E-state index in [0.717, 1.165) is 6.20 Å². The lowest BCUT2D eigenvalue weighted by atomic mass is 10.2. The number of hydrogen-bond acceptors (Lipinski definition) is 3. The van der Waals surface area contributed by atoms with Crippen LogP contribution in [0.15, 0.2) is 18.3 Å². The van der Waals surface area contributed by atoms with Gasteiger partial charge in [0.05, 0.1) is 22.8 Å². The molecule has 4 nitrogen and oxygen atoms in total. The quantitative estimate of drug-likeness (QED) is 0.694. The van der Waals surface area contributed by atoms with Crippen LogP contribution in [0.1, 0.15) is 23.0 Å². The molecular weight excluding hydrogens is 380 g/mol. The van der Waals surface area contributed by atoms with Crippen molar-refractivity contribution in [3.05, 3.63) is 44.7 Å². The Balaban J connectivity index is 2.72. The van der Waals surface area contributed by atoms with Crippen molar-refractivity contribution in [3.8, 4) is 5.69 Å². The number of nitrogens with zero attached hydrogens (tertiary/aromatic N) is 2. The molecule has 0 saturated carbocycles. The second-order valence-corrected chi connectivity index (χ2v) is 5.51. The molecule has 2 rings (SSSR count). The lowest BCUT2D eigenvalue weighted by Gasteiger charge is -2.14. The van der Waals surface area contributed by atoms with Gasteiger partial charge < -0.3 is 4.74 Å². The number of aromatic nitrogens is 2. The van der Waals surface area contributed by atoms with Crippen molar-refractivity contribution in [2.24, 2.45) is 0 Å². The first-order chi connectivity index (χ1) is 10.7. The molecule has 0 aliphatic carbocycles. The summed E-state index contributed by atoms with van der Waals surface area (Å²) in [4.78, 5) is 11.7. The molecule has 0 atom stereocenters. The van der Waals surface area contributed by atoms with Crippen LogP contribution < -0.4 is 0 Å². The second kappa shape index (κ2) is 6.59. The molecule has 0 aliphatic heterocycles. The van der Waals surface area contributed by atoms with E-state index in [-0.39, 0.29) is 27.4 Å². The molecule has 0 radical (unpaired) electrons. The summed E-state index contributed by atoms with van der Waals surface area (Å²) < 4.78 is 45.2. The third-order valence-electron chi connectivity index (χ3n) is 2.73. The first kappa shape index (κ1) is 17.9. The highest BCUT2D eigenvalue weighted by atomic mass is 35.5. The summed E-state index contributed by atoms with van der Waals surface area (Å²) in [6, 6.07) is 2.44. The molecule has 1 heterocycles. The molecule has 1 aromatic carbocycles. The summed E-state index contributed by atoms with van der Waals surface area (Å²) in [5, 5.41) is 3.45. The summed E-state index contributed by atoms with van der Waals surface area (Å²) in [5.41, 5.74) is -2.30. The molecule has 0 unspecified atom stereocenters. The Bertz CT molecular complexity index is 736. The highest BCUT2D eigenvalue weighted by molar-refractivity contribution is 6.40. The Labute approximate surface area is 143 Å². The van der Waals surface area contributed by atoms with Crippen molar-refractivity contribution < 1.29 is 22.7 Å². The summed E-state index contributed by atoms with van der Waals surface area (Å²) >= 11 is 17.6. The van der Waals surface area contributed by atoms with E-state index in [9.17, 15) is 18.0 Å². The Morgan fingerprint density at radius 1 is 1.26 bits per heavy atom. The fourth-order valence-electron chi connectivity index (χ4n) is 1.89. The van der Waals surface area contributed by atoms with Crippen LogP contribution in [-0.4, -0.2) is 22.4 Å². The summed E-state index contributed by atoms with van der Waals surface area (Å²) in [6.45, 7) is 1.40. The highest BCUT2D eigenvalue weighted by Gasteiger charge is 2.41. The molecule has 124 valence electrons. The van der Waals surface area contributed by atoms with Gasteiger partial charge in [-0.1, -0.05) is 34.8 Å². The van der Waals surface area contributed by atoms with Crippen LogP contribution >= 0.6 is 34.8 Å². The predicted octanol–water partition coefficient (Wildman–Crippen LogP) is 5.03. The second-order valence-electron chi connectivity index (χ2n) is 4.25. The smallest absolute Gasteiger partial charge is 0.434 e. The molecule has 0 saturated heterocycles.